The predicted octanol–water partition coefficient (Wildman–Crippen LogP) is 3.67. The minimum Gasteiger partial charge on any atom is -0.332 e. The van der Waals surface area contributed by atoms with Crippen molar-refractivity contribution in [1.82, 2.24) is 14.5 Å². The molecule has 0 unspecified atom stereocenters. The van der Waals surface area contributed by atoms with E-state index < -0.39 is 0 Å². The van der Waals surface area contributed by atoms with Gasteiger partial charge >= 0.3 is 0 Å². The normalized spacial score (nSPS) is 17.7. The van der Waals surface area contributed by atoms with Crippen LogP contribution >= 0.6 is 11.6 Å². The molecule has 1 aliphatic rings. The third kappa shape index (κ3) is 2.29. The molecule has 2 aromatic rings. The molecule has 3 rings (SSSR count). The van der Waals surface area contributed by atoms with Crippen LogP contribution in [0.15, 0.2) is 18.5 Å². The van der Waals surface area contributed by atoms with Gasteiger partial charge in [-0.2, -0.15) is 4.98 Å². The van der Waals surface area contributed by atoms with Gasteiger partial charge in [0.1, 0.15) is 5.65 Å². The second-order valence-electron chi connectivity index (χ2n) is 4.89. The lowest BCUT2D eigenvalue weighted by Crippen LogP contribution is -2.13. The lowest BCUT2D eigenvalue weighted by Gasteiger charge is -2.22. The molecule has 0 aliphatic heterocycles. The molecule has 0 N–H and O–H groups in total. The summed E-state index contributed by atoms with van der Waals surface area (Å²) in [6, 6.07) is 2.06. The second-order valence-corrected chi connectivity index (χ2v) is 5.23. The topological polar surface area (TPSA) is 30.7 Å². The minimum absolute atomic E-state index is 0.334. The molecule has 0 amide bonds. The number of nitrogens with zero attached hydrogens (tertiary/aromatic N) is 3. The van der Waals surface area contributed by atoms with Crippen molar-refractivity contribution in [3.8, 4) is 0 Å². The SMILES string of the molecule is Clc1ncc2ccn(CC3CCCCC3)c2n1. The van der Waals surface area contributed by atoms with Crippen molar-refractivity contribution < 1.29 is 0 Å². The molecule has 1 saturated carbocycles. The van der Waals surface area contributed by atoms with Crippen LogP contribution in [0.1, 0.15) is 32.1 Å². The van der Waals surface area contributed by atoms with Gasteiger partial charge in [-0.25, -0.2) is 4.98 Å². The number of aromatic nitrogens is 3. The number of hydrogen-bond donors (Lipinski definition) is 0. The molecular formula is C13H16ClN3. The Bertz CT molecular complexity index is 514. The van der Waals surface area contributed by atoms with Gasteiger partial charge in [0, 0.05) is 24.3 Å². The fraction of sp³-hybridized carbons (Fsp3) is 0.538. The van der Waals surface area contributed by atoms with Crippen molar-refractivity contribution in [3.05, 3.63) is 23.7 Å². The van der Waals surface area contributed by atoms with Gasteiger partial charge in [-0.1, -0.05) is 19.3 Å². The van der Waals surface area contributed by atoms with Crippen LogP contribution in [-0.2, 0) is 6.54 Å². The van der Waals surface area contributed by atoms with E-state index >= 15 is 0 Å². The molecule has 0 atom stereocenters. The van der Waals surface area contributed by atoms with E-state index in [1.807, 2.05) is 0 Å². The van der Waals surface area contributed by atoms with E-state index in [1.54, 1.807) is 6.20 Å². The molecule has 1 aliphatic carbocycles. The quantitative estimate of drug-likeness (QED) is 0.761. The number of fused-ring (bicyclic) bond motifs is 1. The molecule has 90 valence electrons. The van der Waals surface area contributed by atoms with Gasteiger partial charge in [-0.05, 0) is 36.4 Å². The molecule has 4 heteroatoms. The Labute approximate surface area is 106 Å². The monoisotopic (exact) mass is 249 g/mol. The number of hydrogen-bond acceptors (Lipinski definition) is 2. The zero-order valence-electron chi connectivity index (χ0n) is 9.77. The Morgan fingerprint density at radius 3 is 2.94 bits per heavy atom. The summed E-state index contributed by atoms with van der Waals surface area (Å²) in [4.78, 5) is 8.33. The maximum absolute atomic E-state index is 5.85. The summed E-state index contributed by atoms with van der Waals surface area (Å²) in [5.74, 6) is 0.799. The zero-order chi connectivity index (χ0) is 11.7. The molecule has 17 heavy (non-hydrogen) atoms. The van der Waals surface area contributed by atoms with Crippen LogP contribution < -0.4 is 0 Å². The lowest BCUT2D eigenvalue weighted by molar-refractivity contribution is 0.322. The summed E-state index contributed by atoms with van der Waals surface area (Å²) in [6.07, 6.45) is 10.7. The molecule has 0 bridgehead atoms. The third-order valence-corrected chi connectivity index (χ3v) is 3.83. The fourth-order valence-corrected chi connectivity index (χ4v) is 2.87. The van der Waals surface area contributed by atoms with Crippen molar-refractivity contribution in [2.45, 2.75) is 38.6 Å². The molecule has 2 heterocycles. The molecule has 1 fully saturated rings. The maximum atomic E-state index is 5.85. The van der Waals surface area contributed by atoms with Gasteiger partial charge in [0.15, 0.2) is 0 Å². The molecule has 2 aromatic heterocycles. The van der Waals surface area contributed by atoms with Crippen molar-refractivity contribution in [2.75, 3.05) is 0 Å². The summed E-state index contributed by atoms with van der Waals surface area (Å²) in [7, 11) is 0. The largest absolute Gasteiger partial charge is 0.332 e. The van der Waals surface area contributed by atoms with Crippen LogP contribution in [0, 0.1) is 5.92 Å². The van der Waals surface area contributed by atoms with Gasteiger partial charge in [0.05, 0.1) is 0 Å². The Hall–Kier alpha value is -1.09. The Balaban J connectivity index is 1.86. The Morgan fingerprint density at radius 2 is 2.12 bits per heavy atom. The van der Waals surface area contributed by atoms with Crippen LogP contribution in [0.3, 0.4) is 0 Å². The second kappa shape index (κ2) is 4.65. The molecule has 0 radical (unpaired) electrons. The first-order valence-corrected chi connectivity index (χ1v) is 6.68. The van der Waals surface area contributed by atoms with E-state index in [9.17, 15) is 0 Å². The highest BCUT2D eigenvalue weighted by Gasteiger charge is 2.15. The molecule has 0 aromatic carbocycles. The van der Waals surface area contributed by atoms with Crippen molar-refractivity contribution >= 4 is 22.6 Å². The van der Waals surface area contributed by atoms with Gasteiger partial charge in [-0.15, -0.1) is 0 Å². The third-order valence-electron chi connectivity index (χ3n) is 3.65. The first-order valence-electron chi connectivity index (χ1n) is 6.30. The van der Waals surface area contributed by atoms with Gasteiger partial charge < -0.3 is 4.57 Å². The van der Waals surface area contributed by atoms with Gasteiger partial charge in [-0.3, -0.25) is 0 Å². The highest BCUT2D eigenvalue weighted by atomic mass is 35.5. The summed E-state index contributed by atoms with van der Waals surface area (Å²) in [6.45, 7) is 1.07. The summed E-state index contributed by atoms with van der Waals surface area (Å²) >= 11 is 5.85. The average Bonchev–Trinajstić information content (AvgIpc) is 2.73. The maximum Gasteiger partial charge on any atom is 0.224 e. The minimum atomic E-state index is 0.334. The van der Waals surface area contributed by atoms with E-state index in [1.165, 1.54) is 32.1 Å². The molecule has 3 nitrogen and oxygen atoms in total. The number of halogens is 1. The fourth-order valence-electron chi connectivity index (χ4n) is 2.75. The van der Waals surface area contributed by atoms with Gasteiger partial charge in [0.2, 0.25) is 5.28 Å². The van der Waals surface area contributed by atoms with Crippen LogP contribution in [0.4, 0.5) is 0 Å². The zero-order valence-corrected chi connectivity index (χ0v) is 10.5. The van der Waals surface area contributed by atoms with E-state index in [-0.39, 0.29) is 0 Å². The Morgan fingerprint density at radius 1 is 1.29 bits per heavy atom. The first kappa shape index (κ1) is 11.0. The summed E-state index contributed by atoms with van der Waals surface area (Å²) in [5.41, 5.74) is 0.968. The predicted molar refractivity (Wildman–Crippen MR) is 69.1 cm³/mol. The van der Waals surface area contributed by atoms with Crippen molar-refractivity contribution in [2.24, 2.45) is 5.92 Å². The first-order chi connectivity index (χ1) is 8.33. The molecular weight excluding hydrogens is 234 g/mol. The molecule has 0 saturated heterocycles. The summed E-state index contributed by atoms with van der Waals surface area (Å²) in [5, 5.41) is 1.41. The van der Waals surface area contributed by atoms with E-state index in [2.05, 4.69) is 26.8 Å². The van der Waals surface area contributed by atoms with Crippen LogP contribution in [-0.4, -0.2) is 14.5 Å². The number of rotatable bonds is 2. The van der Waals surface area contributed by atoms with Crippen LogP contribution in [0.5, 0.6) is 0 Å². The van der Waals surface area contributed by atoms with E-state index in [4.69, 9.17) is 11.6 Å². The van der Waals surface area contributed by atoms with E-state index in [0.29, 0.717) is 5.28 Å². The van der Waals surface area contributed by atoms with Crippen molar-refractivity contribution in [3.63, 3.8) is 0 Å². The standard InChI is InChI=1S/C13H16ClN3/c14-13-15-8-11-6-7-17(12(11)16-13)9-10-4-2-1-3-5-10/h6-8,10H,1-5,9H2. The molecule has 0 spiro atoms. The van der Waals surface area contributed by atoms with Crippen molar-refractivity contribution in [1.29, 1.82) is 0 Å². The Kier molecular flexibility index (Phi) is 3.02. The lowest BCUT2D eigenvalue weighted by atomic mass is 9.89. The van der Waals surface area contributed by atoms with E-state index in [0.717, 1.165) is 23.5 Å². The highest BCUT2D eigenvalue weighted by Crippen LogP contribution is 2.26. The average molecular weight is 250 g/mol. The smallest absolute Gasteiger partial charge is 0.224 e. The van der Waals surface area contributed by atoms with Gasteiger partial charge in [0.25, 0.3) is 0 Å². The van der Waals surface area contributed by atoms with Crippen LogP contribution in [0.2, 0.25) is 5.28 Å². The highest BCUT2D eigenvalue weighted by molar-refractivity contribution is 6.28. The summed E-state index contributed by atoms with van der Waals surface area (Å²) < 4.78 is 2.22. The van der Waals surface area contributed by atoms with Crippen LogP contribution in [0.25, 0.3) is 11.0 Å².